The predicted molar refractivity (Wildman–Crippen MR) is 51.1 cm³/mol. The molecule has 0 heterocycles. The van der Waals surface area contributed by atoms with E-state index in [1.165, 1.54) is 12.8 Å². The summed E-state index contributed by atoms with van der Waals surface area (Å²) in [6.07, 6.45) is 5.33. The zero-order chi connectivity index (χ0) is 10.5. The molecule has 2 atom stereocenters. The van der Waals surface area contributed by atoms with Crippen molar-refractivity contribution >= 4 is 10.1 Å². The molecule has 0 spiro atoms. The molecule has 0 saturated heterocycles. The van der Waals surface area contributed by atoms with E-state index in [1.807, 2.05) is 0 Å². The molecular weight excluding hydrogens is 192 g/mol. The lowest BCUT2D eigenvalue weighted by molar-refractivity contribution is 0.106. The molecule has 0 bridgehead atoms. The molecule has 0 radical (unpaired) electrons. The molecule has 0 aromatic carbocycles. The van der Waals surface area contributed by atoms with Gasteiger partial charge in [0.25, 0.3) is 10.1 Å². The van der Waals surface area contributed by atoms with Crippen molar-refractivity contribution in [1.29, 1.82) is 0 Å². The Labute approximate surface area is 79.7 Å². The summed E-state index contributed by atoms with van der Waals surface area (Å²) in [6.45, 7) is 2.21. The van der Waals surface area contributed by atoms with Crippen LogP contribution in [0.25, 0.3) is 0 Å². The largest absolute Gasteiger partial charge is 0.393 e. The maximum Gasteiger partial charge on any atom is 0.261 e. The van der Waals surface area contributed by atoms with Gasteiger partial charge >= 0.3 is 0 Å². The Morgan fingerprint density at radius 2 is 1.77 bits per heavy atom. The Balaban J connectivity index is 0.000000252. The van der Waals surface area contributed by atoms with Crippen LogP contribution in [0.1, 0.15) is 32.6 Å². The zero-order valence-corrected chi connectivity index (χ0v) is 8.92. The fourth-order valence-corrected chi connectivity index (χ4v) is 1.40. The maximum atomic E-state index is 9.19. The van der Waals surface area contributed by atoms with Crippen LogP contribution in [-0.4, -0.2) is 30.4 Å². The van der Waals surface area contributed by atoms with Crippen LogP contribution >= 0.6 is 0 Å². The van der Waals surface area contributed by atoms with Gasteiger partial charge in [-0.2, -0.15) is 8.42 Å². The molecule has 2 unspecified atom stereocenters. The van der Waals surface area contributed by atoms with Crippen molar-refractivity contribution < 1.29 is 18.1 Å². The normalized spacial score (nSPS) is 28.9. The molecular formula is C8H18O4S. The monoisotopic (exact) mass is 210 g/mol. The predicted octanol–water partition coefficient (Wildman–Crippen LogP) is 1.06. The van der Waals surface area contributed by atoms with Crippen LogP contribution in [0.2, 0.25) is 0 Å². The van der Waals surface area contributed by atoms with E-state index in [4.69, 9.17) is 9.66 Å². The quantitative estimate of drug-likeness (QED) is 0.586. The maximum absolute atomic E-state index is 9.19. The molecule has 5 heteroatoms. The average Bonchev–Trinajstić information content (AvgIpc) is 1.81. The molecule has 13 heavy (non-hydrogen) atoms. The zero-order valence-electron chi connectivity index (χ0n) is 8.10. The molecule has 4 nitrogen and oxygen atoms in total. The van der Waals surface area contributed by atoms with Gasteiger partial charge in [0.15, 0.2) is 0 Å². The third kappa shape index (κ3) is 11.9. The van der Waals surface area contributed by atoms with Crippen molar-refractivity contribution in [3.8, 4) is 0 Å². The van der Waals surface area contributed by atoms with Crippen molar-refractivity contribution in [3.05, 3.63) is 0 Å². The Morgan fingerprint density at radius 3 is 2.00 bits per heavy atom. The minimum atomic E-state index is -3.67. The summed E-state index contributed by atoms with van der Waals surface area (Å²) >= 11 is 0. The number of aliphatic hydroxyl groups excluding tert-OH is 1. The summed E-state index contributed by atoms with van der Waals surface area (Å²) in [4.78, 5) is 0. The lowest BCUT2D eigenvalue weighted by atomic mass is 9.89. The van der Waals surface area contributed by atoms with Gasteiger partial charge < -0.3 is 5.11 Å². The van der Waals surface area contributed by atoms with E-state index in [1.54, 1.807) is 0 Å². The van der Waals surface area contributed by atoms with Gasteiger partial charge in [-0.1, -0.05) is 19.8 Å². The van der Waals surface area contributed by atoms with Crippen molar-refractivity contribution in [2.24, 2.45) is 5.92 Å². The average molecular weight is 210 g/mol. The molecule has 1 rings (SSSR count). The lowest BCUT2D eigenvalue weighted by Crippen LogP contribution is -2.16. The van der Waals surface area contributed by atoms with Gasteiger partial charge in [0.1, 0.15) is 0 Å². The van der Waals surface area contributed by atoms with E-state index in [9.17, 15) is 8.42 Å². The number of aliphatic hydroxyl groups is 1. The van der Waals surface area contributed by atoms with Crippen LogP contribution < -0.4 is 0 Å². The second-order valence-electron chi connectivity index (χ2n) is 3.66. The highest BCUT2D eigenvalue weighted by atomic mass is 32.2. The van der Waals surface area contributed by atoms with Gasteiger partial charge in [0.2, 0.25) is 0 Å². The number of hydrogen-bond donors (Lipinski definition) is 2. The summed E-state index contributed by atoms with van der Waals surface area (Å²) < 4.78 is 25.9. The first-order chi connectivity index (χ1) is 5.79. The number of hydrogen-bond acceptors (Lipinski definition) is 3. The fourth-order valence-electron chi connectivity index (χ4n) is 1.40. The van der Waals surface area contributed by atoms with Crippen LogP contribution in [0.3, 0.4) is 0 Å². The summed E-state index contributed by atoms with van der Waals surface area (Å²) in [7, 11) is -3.67. The molecule has 2 N–H and O–H groups in total. The third-order valence-corrected chi connectivity index (χ3v) is 1.91. The van der Waals surface area contributed by atoms with E-state index >= 15 is 0 Å². The van der Waals surface area contributed by atoms with E-state index in [-0.39, 0.29) is 6.10 Å². The minimum Gasteiger partial charge on any atom is -0.393 e. The highest BCUT2D eigenvalue weighted by molar-refractivity contribution is 7.85. The molecule has 1 aliphatic carbocycles. The fraction of sp³-hybridized carbons (Fsp3) is 1.00. The van der Waals surface area contributed by atoms with Crippen LogP contribution in [0.5, 0.6) is 0 Å². The molecule has 0 aromatic rings. The highest BCUT2D eigenvalue weighted by Gasteiger charge is 2.15. The Hall–Kier alpha value is -0.130. The van der Waals surface area contributed by atoms with Crippen LogP contribution in [0, 0.1) is 5.92 Å². The molecule has 0 aliphatic heterocycles. The van der Waals surface area contributed by atoms with Crippen molar-refractivity contribution in [3.63, 3.8) is 0 Å². The Morgan fingerprint density at radius 1 is 1.31 bits per heavy atom. The minimum absolute atomic E-state index is 0.0127. The first kappa shape index (κ1) is 12.9. The summed E-state index contributed by atoms with van der Waals surface area (Å²) in [5.74, 6) is 0.763. The van der Waals surface area contributed by atoms with E-state index in [0.717, 1.165) is 18.8 Å². The van der Waals surface area contributed by atoms with Gasteiger partial charge in [-0.3, -0.25) is 4.55 Å². The summed E-state index contributed by atoms with van der Waals surface area (Å²) in [6, 6.07) is 0. The van der Waals surface area contributed by atoms with Crippen molar-refractivity contribution in [2.75, 3.05) is 6.26 Å². The second kappa shape index (κ2) is 5.57. The first-order valence-electron chi connectivity index (χ1n) is 4.39. The van der Waals surface area contributed by atoms with Gasteiger partial charge in [-0.25, -0.2) is 0 Å². The Kier molecular flexibility index (Phi) is 5.51. The van der Waals surface area contributed by atoms with E-state index < -0.39 is 10.1 Å². The van der Waals surface area contributed by atoms with Crippen molar-refractivity contribution in [1.82, 2.24) is 0 Å². The molecule has 80 valence electrons. The second-order valence-corrected chi connectivity index (χ2v) is 5.12. The van der Waals surface area contributed by atoms with Gasteiger partial charge in [-0.15, -0.1) is 0 Å². The molecule has 0 amide bonds. The molecule has 1 saturated carbocycles. The standard InChI is InChI=1S/C7H14O.CH4O3S/c1-6-3-2-4-7(8)5-6;1-5(2,3)4/h6-8H,2-5H2,1H3;1H3,(H,2,3,4). The van der Waals surface area contributed by atoms with Crippen LogP contribution in [0.15, 0.2) is 0 Å². The van der Waals surface area contributed by atoms with Gasteiger partial charge in [0.05, 0.1) is 12.4 Å². The van der Waals surface area contributed by atoms with Crippen LogP contribution in [-0.2, 0) is 10.1 Å². The van der Waals surface area contributed by atoms with Gasteiger partial charge in [-0.05, 0) is 18.8 Å². The topological polar surface area (TPSA) is 74.6 Å². The molecule has 0 aromatic heterocycles. The molecule has 1 aliphatic rings. The summed E-state index contributed by atoms with van der Waals surface area (Å²) in [5.41, 5.74) is 0. The van der Waals surface area contributed by atoms with Gasteiger partial charge in [0, 0.05) is 0 Å². The first-order valence-corrected chi connectivity index (χ1v) is 6.24. The number of rotatable bonds is 0. The van der Waals surface area contributed by atoms with Crippen molar-refractivity contribution in [2.45, 2.75) is 38.7 Å². The Bertz CT molecular complexity index is 206. The summed E-state index contributed by atoms with van der Waals surface area (Å²) in [5, 5.41) is 9.08. The SMILES string of the molecule is CC1CCCC(O)C1.CS(=O)(=O)O. The van der Waals surface area contributed by atoms with Crippen LogP contribution in [0.4, 0.5) is 0 Å². The molecule has 1 fully saturated rings. The highest BCUT2D eigenvalue weighted by Crippen LogP contribution is 2.22. The third-order valence-electron chi connectivity index (χ3n) is 1.91. The smallest absolute Gasteiger partial charge is 0.261 e. The lowest BCUT2D eigenvalue weighted by Gasteiger charge is -2.21. The van der Waals surface area contributed by atoms with E-state index in [2.05, 4.69) is 6.92 Å². The van der Waals surface area contributed by atoms with E-state index in [0.29, 0.717) is 6.26 Å².